The molecule has 3 heteroatoms. The van der Waals surface area contributed by atoms with Crippen LogP contribution in [0.2, 0.25) is 0 Å². The van der Waals surface area contributed by atoms with E-state index in [0.29, 0.717) is 29.4 Å². The third-order valence-electron chi connectivity index (χ3n) is 15.0. The fraction of sp³-hybridized carbons (Fsp3) is 0.757. The Labute approximate surface area is 243 Å². The van der Waals surface area contributed by atoms with Crippen molar-refractivity contribution in [1.29, 1.82) is 0 Å². The van der Waals surface area contributed by atoms with Crippen molar-refractivity contribution >= 4 is 6.29 Å². The maximum Gasteiger partial charge on any atom is 0.150 e. The number of aliphatic hydroxyl groups is 1. The predicted molar refractivity (Wildman–Crippen MR) is 163 cm³/mol. The van der Waals surface area contributed by atoms with Gasteiger partial charge in [0.2, 0.25) is 0 Å². The molecule has 0 radical (unpaired) electrons. The van der Waals surface area contributed by atoms with Crippen molar-refractivity contribution in [2.45, 2.75) is 131 Å². The normalized spacial score (nSPS) is 47.9. The van der Waals surface area contributed by atoms with E-state index in [9.17, 15) is 15.0 Å². The molecular weight excluding hydrogens is 492 g/mol. The first kappa shape index (κ1) is 28.5. The number of phenols is 1. The van der Waals surface area contributed by atoms with Crippen molar-refractivity contribution in [2.75, 3.05) is 0 Å². The number of hydrogen-bond donors (Lipinski definition) is 2. The van der Waals surface area contributed by atoms with E-state index in [1.54, 1.807) is 11.6 Å². The van der Waals surface area contributed by atoms with Crippen LogP contribution in [-0.2, 0) is 11.8 Å². The van der Waals surface area contributed by atoms with Crippen molar-refractivity contribution < 1.29 is 15.0 Å². The number of carbonyl (C=O) groups is 1. The minimum Gasteiger partial charge on any atom is -0.508 e. The first-order chi connectivity index (χ1) is 18.8. The summed E-state index contributed by atoms with van der Waals surface area (Å²) in [6.45, 7) is 17.3. The maximum absolute atomic E-state index is 12.1. The second-order valence-corrected chi connectivity index (χ2v) is 16.4. The highest BCUT2D eigenvalue weighted by molar-refractivity contribution is 5.80. The lowest BCUT2D eigenvalue weighted by atomic mass is 9.36. The van der Waals surface area contributed by atoms with Crippen LogP contribution in [0.15, 0.2) is 23.8 Å². The highest BCUT2D eigenvalue weighted by Crippen LogP contribution is 2.73. The molecule has 0 heterocycles. The number of carbonyl (C=O) groups excluding carboxylic acids is 1. The molecular formula is C37H54O3. The Morgan fingerprint density at radius 3 is 2.27 bits per heavy atom. The Morgan fingerprint density at radius 1 is 0.900 bits per heavy atom. The smallest absolute Gasteiger partial charge is 0.150 e. The second-order valence-electron chi connectivity index (χ2n) is 16.4. The summed E-state index contributed by atoms with van der Waals surface area (Å²) in [4.78, 5) is 12.1. The van der Waals surface area contributed by atoms with E-state index >= 15 is 0 Å². The van der Waals surface area contributed by atoms with Gasteiger partial charge >= 0.3 is 0 Å². The highest BCUT2D eigenvalue weighted by Gasteiger charge is 2.67. The van der Waals surface area contributed by atoms with Crippen molar-refractivity contribution in [1.82, 2.24) is 0 Å². The molecule has 0 aliphatic heterocycles. The molecule has 3 fully saturated rings. The molecule has 6 rings (SSSR count). The van der Waals surface area contributed by atoms with Gasteiger partial charge in [0.25, 0.3) is 0 Å². The van der Waals surface area contributed by atoms with Crippen LogP contribution in [0.25, 0.3) is 0 Å². The van der Waals surface area contributed by atoms with Gasteiger partial charge in [0, 0.05) is 5.56 Å². The zero-order chi connectivity index (χ0) is 28.9. The number of aromatic hydroxyl groups is 1. The first-order valence-corrected chi connectivity index (χ1v) is 16.4. The molecule has 3 saturated carbocycles. The zero-order valence-corrected chi connectivity index (χ0v) is 26.3. The molecule has 0 unspecified atom stereocenters. The zero-order valence-electron chi connectivity index (χ0n) is 26.3. The lowest BCUT2D eigenvalue weighted by Crippen LogP contribution is -2.63. The van der Waals surface area contributed by atoms with Crippen molar-refractivity contribution in [2.24, 2.45) is 45.3 Å². The number of rotatable bonds is 4. The molecule has 0 aromatic heterocycles. The van der Waals surface area contributed by atoms with Gasteiger partial charge in [-0.25, -0.2) is 0 Å². The van der Waals surface area contributed by atoms with Gasteiger partial charge in [-0.2, -0.15) is 0 Å². The van der Waals surface area contributed by atoms with Gasteiger partial charge in [-0.15, -0.1) is 0 Å². The summed E-state index contributed by atoms with van der Waals surface area (Å²) in [5.74, 6) is 2.63. The van der Waals surface area contributed by atoms with Crippen LogP contribution in [0.4, 0.5) is 0 Å². The predicted octanol–water partition coefficient (Wildman–Crippen LogP) is 8.79. The summed E-state index contributed by atoms with van der Waals surface area (Å²) < 4.78 is 0. The molecule has 5 aliphatic rings. The molecule has 0 bridgehead atoms. The van der Waals surface area contributed by atoms with Crippen LogP contribution >= 0.6 is 0 Å². The quantitative estimate of drug-likeness (QED) is 0.293. The Kier molecular flexibility index (Phi) is 6.55. The van der Waals surface area contributed by atoms with Gasteiger partial charge in [-0.05, 0) is 152 Å². The number of allylic oxidation sites excluding steroid dienone is 2. The van der Waals surface area contributed by atoms with Gasteiger partial charge in [0.15, 0.2) is 0 Å². The number of aliphatic hydroxyl groups excluding tert-OH is 1. The third-order valence-corrected chi connectivity index (χ3v) is 15.0. The van der Waals surface area contributed by atoms with Gasteiger partial charge in [-0.3, -0.25) is 4.79 Å². The highest BCUT2D eigenvalue weighted by atomic mass is 16.3. The minimum atomic E-state index is -0.224. The van der Waals surface area contributed by atoms with Crippen LogP contribution in [0.1, 0.15) is 134 Å². The molecule has 1 aromatic carbocycles. The fourth-order valence-corrected chi connectivity index (χ4v) is 12.2. The number of hydrogen-bond acceptors (Lipinski definition) is 3. The topological polar surface area (TPSA) is 57.5 Å². The van der Waals surface area contributed by atoms with Crippen LogP contribution in [0, 0.1) is 45.3 Å². The SMILES string of the molecule is CC1=CCC[C@@H](C)[C@]1(C)CC[C@@]1(C)[C@@H]2CC[C@]3(C)[C@H](CC[C@]4(C)c5c(C=O)ccc(O)c5C[C@@H]34)[C@@]2(C)CC[C@@H]1O. The monoisotopic (exact) mass is 546 g/mol. The molecule has 0 spiro atoms. The van der Waals surface area contributed by atoms with E-state index in [2.05, 4.69) is 54.5 Å². The minimum absolute atomic E-state index is 0.0584. The van der Waals surface area contributed by atoms with Crippen LogP contribution < -0.4 is 0 Å². The Balaban J connectivity index is 1.33. The molecule has 0 saturated heterocycles. The molecule has 220 valence electrons. The number of aldehydes is 1. The van der Waals surface area contributed by atoms with Crippen molar-refractivity contribution in [3.8, 4) is 5.75 Å². The first-order valence-electron chi connectivity index (χ1n) is 16.4. The van der Waals surface area contributed by atoms with E-state index < -0.39 is 0 Å². The molecule has 3 nitrogen and oxygen atoms in total. The lowest BCUT2D eigenvalue weighted by Gasteiger charge is -2.69. The van der Waals surface area contributed by atoms with E-state index in [-0.39, 0.29) is 33.2 Å². The van der Waals surface area contributed by atoms with Crippen molar-refractivity contribution in [3.05, 3.63) is 40.5 Å². The molecule has 10 atom stereocenters. The number of benzene rings is 1. The summed E-state index contributed by atoms with van der Waals surface area (Å²) >= 11 is 0. The van der Waals surface area contributed by atoms with Gasteiger partial charge in [0.1, 0.15) is 12.0 Å². The molecule has 40 heavy (non-hydrogen) atoms. The molecule has 2 N–H and O–H groups in total. The van der Waals surface area contributed by atoms with E-state index in [4.69, 9.17) is 0 Å². The molecule has 1 aromatic rings. The average Bonchev–Trinajstić information content (AvgIpc) is 3.24. The Hall–Kier alpha value is -1.61. The van der Waals surface area contributed by atoms with Crippen molar-refractivity contribution in [3.63, 3.8) is 0 Å². The summed E-state index contributed by atoms with van der Waals surface area (Å²) in [7, 11) is 0. The summed E-state index contributed by atoms with van der Waals surface area (Å²) in [6.07, 6.45) is 15.5. The number of phenolic OH excluding ortho intramolecular Hbond substituents is 1. The van der Waals surface area contributed by atoms with Gasteiger partial charge < -0.3 is 10.2 Å². The second kappa shape index (κ2) is 9.19. The van der Waals surface area contributed by atoms with Crippen LogP contribution in [0.5, 0.6) is 5.75 Å². The summed E-state index contributed by atoms with van der Waals surface area (Å²) in [5.41, 5.74) is 5.00. The van der Waals surface area contributed by atoms with Gasteiger partial charge in [0.05, 0.1) is 6.10 Å². The standard InChI is InChI=1S/C37H54O3/c1-23-9-8-10-24(2)33(23,3)19-20-36(6)29-13-16-35(5)28(34(29,4)18-15-31(36)40)14-17-37(7)30(35)21-26-27(39)12-11-25(22-38)32(26)37/h9,11-12,22,24,28-31,39-40H,8,10,13-21H2,1-7H3/t24-,28-,29-,30+,31+,33-,34-,35-,36+,37+/m1/s1. The summed E-state index contributed by atoms with van der Waals surface area (Å²) in [5, 5.41) is 22.6. The number of fused-ring (bicyclic) bond motifs is 7. The third kappa shape index (κ3) is 3.61. The lowest BCUT2D eigenvalue weighted by molar-refractivity contribution is -0.209. The van der Waals surface area contributed by atoms with Crippen LogP contribution in [-0.4, -0.2) is 22.6 Å². The van der Waals surface area contributed by atoms with Gasteiger partial charge in [-0.1, -0.05) is 53.2 Å². The Morgan fingerprint density at radius 2 is 1.57 bits per heavy atom. The molecule has 5 aliphatic carbocycles. The summed E-state index contributed by atoms with van der Waals surface area (Å²) in [6, 6.07) is 3.57. The fourth-order valence-electron chi connectivity index (χ4n) is 12.2. The maximum atomic E-state index is 12.1. The van der Waals surface area contributed by atoms with E-state index in [0.717, 1.165) is 55.1 Å². The average molecular weight is 547 g/mol. The Bertz CT molecular complexity index is 1230. The van der Waals surface area contributed by atoms with E-state index in [1.807, 2.05) is 6.07 Å². The van der Waals surface area contributed by atoms with E-state index in [1.165, 1.54) is 38.5 Å². The largest absolute Gasteiger partial charge is 0.508 e. The van der Waals surface area contributed by atoms with Crippen LogP contribution in [0.3, 0.4) is 0 Å². The molecule has 0 amide bonds.